The Kier molecular flexibility index (Phi) is 3.31. The van der Waals surface area contributed by atoms with E-state index in [2.05, 4.69) is 0 Å². The number of rotatable bonds is 1. The minimum atomic E-state index is -0.799. The lowest BCUT2D eigenvalue weighted by atomic mass is 10.0. The molecule has 0 radical (unpaired) electrons. The second kappa shape index (κ2) is 4.71. The SMILES string of the molecule is Fc1ccc(C2CCCCCO2)cc1F. The molecular formula is C12H14F2O. The van der Waals surface area contributed by atoms with Gasteiger partial charge < -0.3 is 4.74 Å². The molecule has 1 nitrogen and oxygen atoms in total. The zero-order chi connectivity index (χ0) is 10.7. The number of hydrogen-bond donors (Lipinski definition) is 0. The third kappa shape index (κ3) is 2.53. The summed E-state index contributed by atoms with van der Waals surface area (Å²) in [7, 11) is 0. The minimum absolute atomic E-state index is 0.0670. The molecule has 1 atom stereocenters. The Bertz CT molecular complexity index is 330. The van der Waals surface area contributed by atoms with E-state index >= 15 is 0 Å². The summed E-state index contributed by atoms with van der Waals surface area (Å²) in [5.74, 6) is -1.59. The zero-order valence-electron chi connectivity index (χ0n) is 8.51. The Morgan fingerprint density at radius 1 is 1.07 bits per heavy atom. The van der Waals surface area contributed by atoms with Crippen molar-refractivity contribution in [3.8, 4) is 0 Å². The molecule has 1 aliphatic heterocycles. The highest BCUT2D eigenvalue weighted by Crippen LogP contribution is 2.27. The van der Waals surface area contributed by atoms with Crippen LogP contribution in [0, 0.1) is 11.6 Å². The molecule has 0 bridgehead atoms. The van der Waals surface area contributed by atoms with Gasteiger partial charge in [-0.1, -0.05) is 18.9 Å². The number of benzene rings is 1. The topological polar surface area (TPSA) is 9.23 Å². The minimum Gasteiger partial charge on any atom is -0.374 e. The Morgan fingerprint density at radius 3 is 2.73 bits per heavy atom. The predicted octanol–water partition coefficient (Wildman–Crippen LogP) is 3.60. The van der Waals surface area contributed by atoms with Crippen molar-refractivity contribution in [2.75, 3.05) is 6.61 Å². The first kappa shape index (κ1) is 10.6. The fourth-order valence-corrected chi connectivity index (χ4v) is 1.89. The number of ether oxygens (including phenoxy) is 1. The van der Waals surface area contributed by atoms with Crippen molar-refractivity contribution >= 4 is 0 Å². The summed E-state index contributed by atoms with van der Waals surface area (Å²) in [6.45, 7) is 0.712. The first-order valence-corrected chi connectivity index (χ1v) is 5.34. The van der Waals surface area contributed by atoms with E-state index in [0.717, 1.165) is 31.2 Å². The van der Waals surface area contributed by atoms with Gasteiger partial charge in [0.15, 0.2) is 11.6 Å². The second-order valence-corrected chi connectivity index (χ2v) is 3.88. The molecular weight excluding hydrogens is 198 g/mol. The van der Waals surface area contributed by atoms with Crippen molar-refractivity contribution in [2.24, 2.45) is 0 Å². The van der Waals surface area contributed by atoms with Gasteiger partial charge in [0.2, 0.25) is 0 Å². The molecule has 0 N–H and O–H groups in total. The molecule has 82 valence electrons. The molecule has 15 heavy (non-hydrogen) atoms. The molecule has 3 heteroatoms. The summed E-state index contributed by atoms with van der Waals surface area (Å²) in [6.07, 6.45) is 4.12. The average molecular weight is 212 g/mol. The Balaban J connectivity index is 2.16. The summed E-state index contributed by atoms with van der Waals surface area (Å²) in [5, 5.41) is 0. The maximum absolute atomic E-state index is 13.0. The standard InChI is InChI=1S/C12H14F2O/c13-10-6-5-9(8-11(10)14)12-4-2-1-3-7-15-12/h5-6,8,12H,1-4,7H2. The van der Waals surface area contributed by atoms with Crippen LogP contribution in [0.5, 0.6) is 0 Å². The van der Waals surface area contributed by atoms with E-state index in [4.69, 9.17) is 4.74 Å². The van der Waals surface area contributed by atoms with Gasteiger partial charge in [0.25, 0.3) is 0 Å². The second-order valence-electron chi connectivity index (χ2n) is 3.88. The van der Waals surface area contributed by atoms with Crippen LogP contribution in [0.25, 0.3) is 0 Å². The monoisotopic (exact) mass is 212 g/mol. The summed E-state index contributed by atoms with van der Waals surface area (Å²) < 4.78 is 31.3. The van der Waals surface area contributed by atoms with E-state index in [9.17, 15) is 8.78 Å². The lowest BCUT2D eigenvalue weighted by molar-refractivity contribution is 0.0580. The van der Waals surface area contributed by atoms with Crippen molar-refractivity contribution in [1.82, 2.24) is 0 Å². The first-order valence-electron chi connectivity index (χ1n) is 5.34. The van der Waals surface area contributed by atoms with Gasteiger partial charge in [0.05, 0.1) is 6.10 Å². The highest BCUT2D eigenvalue weighted by Gasteiger charge is 2.16. The van der Waals surface area contributed by atoms with Gasteiger partial charge in [0.1, 0.15) is 0 Å². The van der Waals surface area contributed by atoms with E-state index in [0.29, 0.717) is 6.61 Å². The molecule has 1 heterocycles. The molecule has 0 spiro atoms. The van der Waals surface area contributed by atoms with E-state index in [1.807, 2.05) is 0 Å². The smallest absolute Gasteiger partial charge is 0.159 e. The van der Waals surface area contributed by atoms with Crippen LogP contribution in [-0.2, 0) is 4.74 Å². The highest BCUT2D eigenvalue weighted by molar-refractivity contribution is 5.20. The normalized spacial score (nSPS) is 22.4. The van der Waals surface area contributed by atoms with E-state index in [1.54, 1.807) is 6.07 Å². The van der Waals surface area contributed by atoms with Gasteiger partial charge in [-0.05, 0) is 30.5 Å². The van der Waals surface area contributed by atoms with Crippen LogP contribution in [0.4, 0.5) is 8.78 Å². The third-order valence-corrected chi connectivity index (χ3v) is 2.75. The quantitative estimate of drug-likeness (QED) is 0.691. The molecule has 1 aromatic carbocycles. The summed E-state index contributed by atoms with van der Waals surface area (Å²) in [4.78, 5) is 0. The van der Waals surface area contributed by atoms with Crippen LogP contribution in [0.2, 0.25) is 0 Å². The molecule has 2 rings (SSSR count). The molecule has 0 amide bonds. The van der Waals surface area contributed by atoms with E-state index < -0.39 is 11.6 Å². The lowest BCUT2D eigenvalue weighted by Gasteiger charge is -2.15. The molecule has 0 aromatic heterocycles. The van der Waals surface area contributed by atoms with Gasteiger partial charge in [0, 0.05) is 6.61 Å². The fraction of sp³-hybridized carbons (Fsp3) is 0.500. The first-order chi connectivity index (χ1) is 7.27. The maximum atomic E-state index is 13.0. The largest absolute Gasteiger partial charge is 0.374 e. The van der Waals surface area contributed by atoms with Gasteiger partial charge >= 0.3 is 0 Å². The van der Waals surface area contributed by atoms with Crippen molar-refractivity contribution in [3.05, 3.63) is 35.4 Å². The van der Waals surface area contributed by atoms with Crippen molar-refractivity contribution in [3.63, 3.8) is 0 Å². The van der Waals surface area contributed by atoms with Crippen LogP contribution in [0.1, 0.15) is 37.4 Å². The molecule has 0 aliphatic carbocycles. The van der Waals surface area contributed by atoms with Gasteiger partial charge in [-0.25, -0.2) is 8.78 Å². The van der Waals surface area contributed by atoms with Crippen molar-refractivity contribution in [1.29, 1.82) is 0 Å². The van der Waals surface area contributed by atoms with Crippen molar-refractivity contribution < 1.29 is 13.5 Å². The maximum Gasteiger partial charge on any atom is 0.159 e. The van der Waals surface area contributed by atoms with Crippen LogP contribution < -0.4 is 0 Å². The number of halogens is 2. The predicted molar refractivity (Wildman–Crippen MR) is 53.5 cm³/mol. The molecule has 0 saturated carbocycles. The van der Waals surface area contributed by atoms with E-state index in [-0.39, 0.29) is 6.10 Å². The average Bonchev–Trinajstić information content (AvgIpc) is 2.50. The van der Waals surface area contributed by atoms with Crippen molar-refractivity contribution in [2.45, 2.75) is 31.8 Å². The zero-order valence-corrected chi connectivity index (χ0v) is 8.51. The molecule has 1 aromatic rings. The van der Waals surface area contributed by atoms with E-state index in [1.165, 1.54) is 12.1 Å². The molecule has 1 saturated heterocycles. The number of hydrogen-bond acceptors (Lipinski definition) is 1. The van der Waals surface area contributed by atoms with Gasteiger partial charge in [-0.15, -0.1) is 0 Å². The Hall–Kier alpha value is -0.960. The summed E-state index contributed by atoms with van der Waals surface area (Å²) in [6, 6.07) is 4.01. The Labute approximate surface area is 88.1 Å². The summed E-state index contributed by atoms with van der Waals surface area (Å²) in [5.41, 5.74) is 0.746. The third-order valence-electron chi connectivity index (χ3n) is 2.75. The molecule has 1 fully saturated rings. The van der Waals surface area contributed by atoms with Crippen LogP contribution >= 0.6 is 0 Å². The summed E-state index contributed by atoms with van der Waals surface area (Å²) >= 11 is 0. The highest BCUT2D eigenvalue weighted by atomic mass is 19.2. The van der Waals surface area contributed by atoms with Crippen LogP contribution in [0.3, 0.4) is 0 Å². The Morgan fingerprint density at radius 2 is 1.93 bits per heavy atom. The van der Waals surface area contributed by atoms with Gasteiger partial charge in [-0.2, -0.15) is 0 Å². The van der Waals surface area contributed by atoms with Crippen LogP contribution in [-0.4, -0.2) is 6.61 Å². The fourth-order valence-electron chi connectivity index (χ4n) is 1.89. The molecule has 1 unspecified atom stereocenters. The molecule has 1 aliphatic rings. The van der Waals surface area contributed by atoms with Crippen LogP contribution in [0.15, 0.2) is 18.2 Å². The lowest BCUT2D eigenvalue weighted by Crippen LogP contribution is -2.03. The van der Waals surface area contributed by atoms with Gasteiger partial charge in [-0.3, -0.25) is 0 Å².